The Morgan fingerprint density at radius 3 is 2.23 bits per heavy atom. The lowest BCUT2D eigenvalue weighted by atomic mass is 10.1. The summed E-state index contributed by atoms with van der Waals surface area (Å²) in [5.74, 6) is 0. The second kappa shape index (κ2) is 6.58. The molecule has 0 amide bonds. The first kappa shape index (κ1) is 14.5. The van der Waals surface area contributed by atoms with E-state index in [4.69, 9.17) is 0 Å². The topological polar surface area (TPSA) is 49.6 Å². The number of para-hydroxylation sites is 2. The van der Waals surface area contributed by atoms with Crippen LogP contribution in [0, 0.1) is 10.1 Å². The summed E-state index contributed by atoms with van der Waals surface area (Å²) in [6.07, 6.45) is 0. The van der Waals surface area contributed by atoms with Gasteiger partial charge < -0.3 is 4.90 Å². The van der Waals surface area contributed by atoms with E-state index in [1.165, 1.54) is 5.69 Å². The van der Waals surface area contributed by atoms with Crippen LogP contribution in [0.5, 0.6) is 0 Å². The van der Waals surface area contributed by atoms with Crippen LogP contribution in [0.15, 0.2) is 54.6 Å². The van der Waals surface area contributed by atoms with Crippen LogP contribution in [-0.2, 0) is 6.54 Å². The Balaban J connectivity index is 1.62. The van der Waals surface area contributed by atoms with Crippen LogP contribution in [0.25, 0.3) is 0 Å². The average Bonchev–Trinajstić information content (AvgIpc) is 2.57. The smallest absolute Gasteiger partial charge is 0.273 e. The van der Waals surface area contributed by atoms with Gasteiger partial charge in [0, 0.05) is 50.0 Å². The highest BCUT2D eigenvalue weighted by atomic mass is 16.6. The maximum Gasteiger partial charge on any atom is 0.273 e. The Hall–Kier alpha value is -2.40. The van der Waals surface area contributed by atoms with Gasteiger partial charge >= 0.3 is 0 Å². The molecule has 1 saturated heterocycles. The fraction of sp³-hybridized carbons (Fsp3) is 0.294. The van der Waals surface area contributed by atoms with Gasteiger partial charge in [-0.25, -0.2) is 0 Å². The van der Waals surface area contributed by atoms with Crippen molar-refractivity contribution in [1.29, 1.82) is 0 Å². The molecule has 0 saturated carbocycles. The molecule has 0 unspecified atom stereocenters. The molecule has 3 rings (SSSR count). The molecule has 114 valence electrons. The van der Waals surface area contributed by atoms with E-state index in [-0.39, 0.29) is 10.6 Å². The fourth-order valence-corrected chi connectivity index (χ4v) is 2.87. The van der Waals surface area contributed by atoms with Crippen LogP contribution >= 0.6 is 0 Å². The zero-order valence-electron chi connectivity index (χ0n) is 12.4. The van der Waals surface area contributed by atoms with E-state index in [9.17, 15) is 10.1 Å². The molecule has 1 aliphatic rings. The molecule has 0 aromatic heterocycles. The zero-order chi connectivity index (χ0) is 15.4. The van der Waals surface area contributed by atoms with Gasteiger partial charge in [-0.1, -0.05) is 36.4 Å². The van der Waals surface area contributed by atoms with Gasteiger partial charge in [-0.15, -0.1) is 0 Å². The van der Waals surface area contributed by atoms with Crippen molar-refractivity contribution >= 4 is 11.4 Å². The van der Waals surface area contributed by atoms with Gasteiger partial charge in [-0.05, 0) is 12.1 Å². The molecular weight excluding hydrogens is 278 g/mol. The Kier molecular flexibility index (Phi) is 4.34. The van der Waals surface area contributed by atoms with Gasteiger partial charge in [0.2, 0.25) is 0 Å². The highest BCUT2D eigenvalue weighted by molar-refractivity contribution is 5.46. The largest absolute Gasteiger partial charge is 0.369 e. The lowest BCUT2D eigenvalue weighted by molar-refractivity contribution is -0.385. The van der Waals surface area contributed by atoms with Gasteiger partial charge in [0.05, 0.1) is 4.92 Å². The summed E-state index contributed by atoms with van der Waals surface area (Å²) >= 11 is 0. The van der Waals surface area contributed by atoms with Crippen molar-refractivity contribution in [3.8, 4) is 0 Å². The molecule has 0 atom stereocenters. The van der Waals surface area contributed by atoms with Crippen molar-refractivity contribution in [2.75, 3.05) is 31.1 Å². The second-order valence-electron chi connectivity index (χ2n) is 5.48. The quantitative estimate of drug-likeness (QED) is 0.643. The molecule has 5 nitrogen and oxygen atoms in total. The molecule has 0 N–H and O–H groups in total. The summed E-state index contributed by atoms with van der Waals surface area (Å²) in [5, 5.41) is 11.1. The van der Waals surface area contributed by atoms with Crippen LogP contribution in [0.2, 0.25) is 0 Å². The minimum atomic E-state index is -0.296. The fourth-order valence-electron chi connectivity index (χ4n) is 2.87. The Labute approximate surface area is 129 Å². The molecule has 1 aliphatic heterocycles. The van der Waals surface area contributed by atoms with E-state index in [1.54, 1.807) is 12.1 Å². The number of benzene rings is 2. The third kappa shape index (κ3) is 3.26. The summed E-state index contributed by atoms with van der Waals surface area (Å²) < 4.78 is 0. The van der Waals surface area contributed by atoms with Gasteiger partial charge in [0.25, 0.3) is 5.69 Å². The molecule has 1 heterocycles. The SMILES string of the molecule is O=[N+]([O-])c1ccccc1CN1CCN(c2ccccc2)CC1. The number of nitro benzene ring substituents is 1. The number of hydrogen-bond donors (Lipinski definition) is 0. The minimum Gasteiger partial charge on any atom is -0.369 e. The molecule has 1 fully saturated rings. The molecule has 2 aromatic rings. The van der Waals surface area contributed by atoms with E-state index in [2.05, 4.69) is 34.1 Å². The van der Waals surface area contributed by atoms with Crippen molar-refractivity contribution < 1.29 is 4.92 Å². The van der Waals surface area contributed by atoms with E-state index < -0.39 is 0 Å². The first-order chi connectivity index (χ1) is 10.7. The predicted octanol–water partition coefficient (Wildman–Crippen LogP) is 2.92. The van der Waals surface area contributed by atoms with Crippen LogP contribution < -0.4 is 4.90 Å². The van der Waals surface area contributed by atoms with E-state index in [0.29, 0.717) is 6.54 Å². The average molecular weight is 297 g/mol. The molecule has 0 spiro atoms. The van der Waals surface area contributed by atoms with Gasteiger partial charge in [0.1, 0.15) is 0 Å². The molecule has 2 aromatic carbocycles. The Morgan fingerprint density at radius 2 is 1.55 bits per heavy atom. The van der Waals surface area contributed by atoms with Gasteiger partial charge in [0.15, 0.2) is 0 Å². The van der Waals surface area contributed by atoms with Gasteiger partial charge in [-0.2, -0.15) is 0 Å². The van der Waals surface area contributed by atoms with Crippen molar-refractivity contribution in [1.82, 2.24) is 4.90 Å². The van der Waals surface area contributed by atoms with E-state index >= 15 is 0 Å². The molecule has 0 bridgehead atoms. The van der Waals surface area contributed by atoms with Crippen LogP contribution in [-0.4, -0.2) is 36.0 Å². The number of nitro groups is 1. The molecule has 0 radical (unpaired) electrons. The monoisotopic (exact) mass is 297 g/mol. The van der Waals surface area contributed by atoms with Crippen molar-refractivity contribution in [3.63, 3.8) is 0 Å². The minimum absolute atomic E-state index is 0.216. The number of rotatable bonds is 4. The molecule has 5 heteroatoms. The van der Waals surface area contributed by atoms with Crippen LogP contribution in [0.4, 0.5) is 11.4 Å². The standard InChI is InChI=1S/C17H19N3O2/c21-20(22)17-9-5-4-6-15(17)14-18-10-12-19(13-11-18)16-7-2-1-3-8-16/h1-9H,10-14H2. The normalized spacial score (nSPS) is 15.7. The first-order valence-corrected chi connectivity index (χ1v) is 7.49. The number of anilines is 1. The maximum atomic E-state index is 11.1. The summed E-state index contributed by atoms with van der Waals surface area (Å²) in [5.41, 5.74) is 2.25. The van der Waals surface area contributed by atoms with Crippen molar-refractivity contribution in [2.24, 2.45) is 0 Å². The first-order valence-electron chi connectivity index (χ1n) is 7.49. The second-order valence-corrected chi connectivity index (χ2v) is 5.48. The third-order valence-electron chi connectivity index (χ3n) is 4.08. The lowest BCUT2D eigenvalue weighted by Gasteiger charge is -2.36. The van der Waals surface area contributed by atoms with Gasteiger partial charge in [-0.3, -0.25) is 15.0 Å². The van der Waals surface area contributed by atoms with E-state index in [0.717, 1.165) is 31.7 Å². The van der Waals surface area contributed by atoms with E-state index in [1.807, 2.05) is 18.2 Å². The van der Waals surface area contributed by atoms with Crippen LogP contribution in [0.1, 0.15) is 5.56 Å². The summed E-state index contributed by atoms with van der Waals surface area (Å²) in [4.78, 5) is 15.4. The predicted molar refractivity (Wildman–Crippen MR) is 87.0 cm³/mol. The summed E-state index contributed by atoms with van der Waals surface area (Å²) in [6.45, 7) is 4.37. The van der Waals surface area contributed by atoms with Crippen molar-refractivity contribution in [2.45, 2.75) is 6.54 Å². The summed E-state index contributed by atoms with van der Waals surface area (Å²) in [6, 6.07) is 17.4. The van der Waals surface area contributed by atoms with Crippen molar-refractivity contribution in [3.05, 3.63) is 70.3 Å². The highest BCUT2D eigenvalue weighted by Gasteiger charge is 2.20. The van der Waals surface area contributed by atoms with Crippen LogP contribution in [0.3, 0.4) is 0 Å². The maximum absolute atomic E-state index is 11.1. The molecule has 22 heavy (non-hydrogen) atoms. The third-order valence-corrected chi connectivity index (χ3v) is 4.08. The number of piperazine rings is 1. The molecule has 0 aliphatic carbocycles. The Morgan fingerprint density at radius 1 is 0.909 bits per heavy atom. The number of hydrogen-bond acceptors (Lipinski definition) is 4. The molecular formula is C17H19N3O2. The summed E-state index contributed by atoms with van der Waals surface area (Å²) in [7, 11) is 0. The Bertz CT molecular complexity index is 637. The highest BCUT2D eigenvalue weighted by Crippen LogP contribution is 2.21. The number of nitrogens with zero attached hydrogens (tertiary/aromatic N) is 3. The zero-order valence-corrected chi connectivity index (χ0v) is 12.4. The lowest BCUT2D eigenvalue weighted by Crippen LogP contribution is -2.46.